The fourth-order valence-corrected chi connectivity index (χ4v) is 1.65. The Hall–Kier alpha value is -2.03. The highest BCUT2D eigenvalue weighted by Gasteiger charge is 2.21. The lowest BCUT2D eigenvalue weighted by atomic mass is 10.2. The van der Waals surface area contributed by atoms with Crippen LogP contribution in [0.5, 0.6) is 0 Å². The fourth-order valence-electron chi connectivity index (χ4n) is 1.65. The van der Waals surface area contributed by atoms with Gasteiger partial charge in [-0.1, -0.05) is 0 Å². The lowest BCUT2D eigenvalue weighted by Crippen LogP contribution is -2.33. The van der Waals surface area contributed by atoms with Crippen molar-refractivity contribution in [3.05, 3.63) is 17.5 Å². The molecule has 0 bridgehead atoms. The van der Waals surface area contributed by atoms with Gasteiger partial charge in [0.25, 0.3) is 0 Å². The Labute approximate surface area is 119 Å². The smallest absolute Gasteiger partial charge is 0.410 e. The first-order valence-electron chi connectivity index (χ1n) is 6.56. The third-order valence-corrected chi connectivity index (χ3v) is 2.49. The number of amides is 1. The van der Waals surface area contributed by atoms with Gasteiger partial charge >= 0.3 is 6.09 Å². The zero-order chi connectivity index (χ0) is 15.5. The number of hydrogen-bond donors (Lipinski definition) is 0. The normalized spacial score (nSPS) is 11.3. The summed E-state index contributed by atoms with van der Waals surface area (Å²) in [6.45, 7) is 9.67. The van der Waals surface area contributed by atoms with E-state index in [0.717, 1.165) is 0 Å². The van der Waals surface area contributed by atoms with Crippen LogP contribution in [0.15, 0.2) is 6.07 Å². The largest absolute Gasteiger partial charge is 0.444 e. The third-order valence-electron chi connectivity index (χ3n) is 2.49. The molecule has 0 spiro atoms. The Morgan fingerprint density at radius 2 is 2.15 bits per heavy atom. The highest BCUT2D eigenvalue weighted by atomic mass is 16.6. The molecule has 0 N–H and O–H groups in total. The molecule has 0 saturated heterocycles. The number of nitriles is 1. The molecule has 0 saturated carbocycles. The molecule has 0 atom stereocenters. The maximum absolute atomic E-state index is 11.9. The van der Waals surface area contributed by atoms with Crippen molar-refractivity contribution in [2.75, 3.05) is 7.05 Å². The van der Waals surface area contributed by atoms with Crippen LogP contribution in [0.4, 0.5) is 4.79 Å². The van der Waals surface area contributed by atoms with Gasteiger partial charge in [-0.25, -0.2) is 4.79 Å². The van der Waals surface area contributed by atoms with Crippen LogP contribution in [0.2, 0.25) is 0 Å². The maximum atomic E-state index is 11.9. The highest BCUT2D eigenvalue weighted by molar-refractivity contribution is 5.67. The average Bonchev–Trinajstić information content (AvgIpc) is 2.69. The van der Waals surface area contributed by atoms with Crippen LogP contribution in [0.1, 0.15) is 52.0 Å². The summed E-state index contributed by atoms with van der Waals surface area (Å²) in [4.78, 5) is 13.3. The summed E-state index contributed by atoms with van der Waals surface area (Å²) in [6.07, 6.45) is -0.407. The van der Waals surface area contributed by atoms with E-state index in [1.807, 2.05) is 34.6 Å². The van der Waals surface area contributed by atoms with Gasteiger partial charge in [-0.05, 0) is 40.7 Å². The van der Waals surface area contributed by atoms with Crippen LogP contribution >= 0.6 is 0 Å². The summed E-state index contributed by atoms with van der Waals surface area (Å²) in [5.41, 5.74) is 0.636. The van der Waals surface area contributed by atoms with Crippen LogP contribution < -0.4 is 0 Å². The van der Waals surface area contributed by atoms with Crippen molar-refractivity contribution in [2.24, 2.45) is 0 Å². The van der Waals surface area contributed by atoms with Gasteiger partial charge in [-0.3, -0.25) is 4.68 Å². The van der Waals surface area contributed by atoms with Crippen molar-refractivity contribution in [1.82, 2.24) is 14.7 Å². The second kappa shape index (κ2) is 5.95. The van der Waals surface area contributed by atoms with Gasteiger partial charge in [0, 0.05) is 13.1 Å². The number of nitrogens with zero attached hydrogens (tertiary/aromatic N) is 4. The van der Waals surface area contributed by atoms with Crippen LogP contribution in [-0.4, -0.2) is 33.4 Å². The Kier molecular flexibility index (Phi) is 4.77. The lowest BCUT2D eigenvalue weighted by molar-refractivity contribution is 0.0283. The molecule has 0 aliphatic rings. The number of rotatable bonds is 3. The number of carbonyl (C=O) groups is 1. The molecular formula is C14H22N4O2. The predicted octanol–water partition coefficient (Wildman–Crippen LogP) is 2.70. The fraction of sp³-hybridized carbons (Fsp3) is 0.643. The molecule has 0 aliphatic carbocycles. The van der Waals surface area contributed by atoms with E-state index < -0.39 is 11.7 Å². The molecule has 1 amide bonds. The van der Waals surface area contributed by atoms with Crippen LogP contribution in [0.3, 0.4) is 0 Å². The van der Waals surface area contributed by atoms with E-state index in [1.165, 1.54) is 4.90 Å². The summed E-state index contributed by atoms with van der Waals surface area (Å²) in [7, 11) is 1.65. The zero-order valence-corrected chi connectivity index (χ0v) is 13.0. The molecule has 6 heteroatoms. The molecule has 1 aromatic rings. The Morgan fingerprint density at radius 1 is 1.55 bits per heavy atom. The monoisotopic (exact) mass is 278 g/mol. The Morgan fingerprint density at radius 3 is 2.55 bits per heavy atom. The molecule has 0 fully saturated rings. The number of carbonyl (C=O) groups excluding carboxylic acids is 1. The Balaban J connectivity index is 2.79. The van der Waals surface area contributed by atoms with E-state index in [4.69, 9.17) is 10.00 Å². The van der Waals surface area contributed by atoms with Gasteiger partial charge in [0.1, 0.15) is 17.4 Å². The van der Waals surface area contributed by atoms with Crippen LogP contribution in [-0.2, 0) is 11.3 Å². The first kappa shape index (κ1) is 16.0. The van der Waals surface area contributed by atoms with Gasteiger partial charge in [0.15, 0.2) is 0 Å². The molecule has 6 nitrogen and oxygen atoms in total. The van der Waals surface area contributed by atoms with E-state index >= 15 is 0 Å². The molecule has 110 valence electrons. The minimum absolute atomic E-state index is 0.102. The summed E-state index contributed by atoms with van der Waals surface area (Å²) in [6, 6.07) is 3.90. The van der Waals surface area contributed by atoms with Crippen LogP contribution in [0.25, 0.3) is 0 Å². The van der Waals surface area contributed by atoms with Crippen LogP contribution in [0, 0.1) is 11.3 Å². The van der Waals surface area contributed by atoms with E-state index in [-0.39, 0.29) is 6.04 Å². The summed E-state index contributed by atoms with van der Waals surface area (Å²) < 4.78 is 6.92. The van der Waals surface area contributed by atoms with Crippen molar-refractivity contribution >= 4 is 6.09 Å². The predicted molar refractivity (Wildman–Crippen MR) is 75.0 cm³/mol. The van der Waals surface area contributed by atoms with E-state index in [0.29, 0.717) is 17.9 Å². The second-order valence-electron chi connectivity index (χ2n) is 6.01. The summed E-state index contributed by atoms with van der Waals surface area (Å²) in [5, 5.41) is 13.4. The molecule has 20 heavy (non-hydrogen) atoms. The Bertz CT molecular complexity index is 520. The van der Waals surface area contributed by atoms with Crippen molar-refractivity contribution < 1.29 is 9.53 Å². The molecule has 1 rings (SSSR count). The van der Waals surface area contributed by atoms with Crippen molar-refractivity contribution in [3.63, 3.8) is 0 Å². The minimum Gasteiger partial charge on any atom is -0.444 e. The molecule has 0 aliphatic heterocycles. The molecule has 1 aromatic heterocycles. The molecular weight excluding hydrogens is 256 g/mol. The standard InChI is InChI=1S/C14H22N4O2/c1-10(2)18-12(8-15)7-11(16-18)9-17(6)13(19)20-14(3,4)5/h7,10H,9H2,1-6H3. The summed E-state index contributed by atoms with van der Waals surface area (Å²) >= 11 is 0. The van der Waals surface area contributed by atoms with Crippen molar-refractivity contribution in [1.29, 1.82) is 5.26 Å². The number of ether oxygens (including phenoxy) is 1. The topological polar surface area (TPSA) is 71.2 Å². The van der Waals surface area contributed by atoms with Gasteiger partial charge in [-0.15, -0.1) is 0 Å². The summed E-state index contributed by atoms with van der Waals surface area (Å²) in [5.74, 6) is 0. The maximum Gasteiger partial charge on any atom is 0.410 e. The minimum atomic E-state index is -0.527. The first-order valence-corrected chi connectivity index (χ1v) is 6.56. The molecule has 0 radical (unpaired) electrons. The number of hydrogen-bond acceptors (Lipinski definition) is 4. The van der Waals surface area contributed by atoms with E-state index in [1.54, 1.807) is 17.8 Å². The van der Waals surface area contributed by atoms with E-state index in [9.17, 15) is 4.79 Å². The third kappa shape index (κ3) is 4.26. The van der Waals surface area contributed by atoms with E-state index in [2.05, 4.69) is 11.2 Å². The van der Waals surface area contributed by atoms with Crippen molar-refractivity contribution in [2.45, 2.75) is 52.8 Å². The molecule has 0 aromatic carbocycles. The van der Waals surface area contributed by atoms with Crippen molar-refractivity contribution in [3.8, 4) is 6.07 Å². The molecule has 1 heterocycles. The first-order chi connectivity index (χ1) is 9.14. The quantitative estimate of drug-likeness (QED) is 0.852. The second-order valence-corrected chi connectivity index (χ2v) is 6.01. The average molecular weight is 278 g/mol. The van der Waals surface area contributed by atoms with Gasteiger partial charge in [-0.2, -0.15) is 10.4 Å². The van der Waals surface area contributed by atoms with Gasteiger partial charge in [0.05, 0.1) is 12.2 Å². The van der Waals surface area contributed by atoms with Gasteiger partial charge in [0.2, 0.25) is 0 Å². The SMILES string of the molecule is CC(C)n1nc(CN(C)C(=O)OC(C)(C)C)cc1C#N. The van der Waals surface area contributed by atoms with Gasteiger partial charge < -0.3 is 9.64 Å². The highest BCUT2D eigenvalue weighted by Crippen LogP contribution is 2.14. The molecule has 0 unspecified atom stereocenters. The lowest BCUT2D eigenvalue weighted by Gasteiger charge is -2.24. The zero-order valence-electron chi connectivity index (χ0n) is 13.0. The number of aromatic nitrogens is 2.